The number of aryl methyl sites for hydroxylation is 1. The maximum absolute atomic E-state index is 6.01. The van der Waals surface area contributed by atoms with Crippen molar-refractivity contribution in [3.63, 3.8) is 0 Å². The maximum Gasteiger partial charge on any atom is 0.0627 e. The third-order valence-corrected chi connectivity index (χ3v) is 2.83. The van der Waals surface area contributed by atoms with Crippen LogP contribution in [-0.4, -0.2) is 0 Å². The first-order valence-electron chi connectivity index (χ1n) is 5.46. The highest BCUT2D eigenvalue weighted by Crippen LogP contribution is 2.32. The second-order valence-corrected chi connectivity index (χ2v) is 3.82. The Balaban J connectivity index is 2.63. The minimum atomic E-state index is 0.642. The van der Waals surface area contributed by atoms with Crippen molar-refractivity contribution in [3.05, 3.63) is 48.0 Å². The van der Waals surface area contributed by atoms with E-state index in [2.05, 4.69) is 19.1 Å². The van der Waals surface area contributed by atoms with E-state index < -0.39 is 0 Å². The molecule has 0 aliphatic carbocycles. The average Bonchev–Trinajstić information content (AvgIpc) is 2.33. The molecule has 2 rings (SSSR count). The van der Waals surface area contributed by atoms with Gasteiger partial charge < -0.3 is 11.5 Å². The van der Waals surface area contributed by atoms with Gasteiger partial charge in [0.25, 0.3) is 0 Å². The van der Waals surface area contributed by atoms with Crippen LogP contribution in [0.4, 0.5) is 11.4 Å². The molecule has 0 aliphatic heterocycles. The minimum absolute atomic E-state index is 0.642. The lowest BCUT2D eigenvalue weighted by Crippen LogP contribution is -1.98. The van der Waals surface area contributed by atoms with Gasteiger partial charge in [0.1, 0.15) is 0 Å². The Hall–Kier alpha value is -1.96. The molecule has 0 saturated heterocycles. The number of benzene rings is 2. The molecule has 0 atom stereocenters. The fourth-order valence-corrected chi connectivity index (χ4v) is 1.91. The summed E-state index contributed by atoms with van der Waals surface area (Å²) in [6.07, 6.45) is 0.990. The van der Waals surface area contributed by atoms with Crippen LogP contribution < -0.4 is 11.5 Å². The third-order valence-electron chi connectivity index (χ3n) is 2.83. The van der Waals surface area contributed by atoms with E-state index in [1.54, 1.807) is 0 Å². The first-order valence-corrected chi connectivity index (χ1v) is 5.46. The van der Waals surface area contributed by atoms with Crippen LogP contribution in [0.5, 0.6) is 0 Å². The lowest BCUT2D eigenvalue weighted by atomic mass is 9.96. The average molecular weight is 212 g/mol. The van der Waals surface area contributed by atoms with Crippen LogP contribution >= 0.6 is 0 Å². The first kappa shape index (κ1) is 10.6. The molecule has 2 aromatic carbocycles. The van der Waals surface area contributed by atoms with Gasteiger partial charge in [0, 0.05) is 5.56 Å². The number of para-hydroxylation sites is 1. The summed E-state index contributed by atoms with van der Waals surface area (Å²) >= 11 is 0. The van der Waals surface area contributed by atoms with Gasteiger partial charge in [0.05, 0.1) is 11.4 Å². The van der Waals surface area contributed by atoms with Crippen LogP contribution in [0.1, 0.15) is 12.5 Å². The van der Waals surface area contributed by atoms with Gasteiger partial charge >= 0.3 is 0 Å². The Morgan fingerprint density at radius 3 is 2.31 bits per heavy atom. The van der Waals surface area contributed by atoms with Crippen LogP contribution in [0.25, 0.3) is 11.1 Å². The predicted octanol–water partition coefficient (Wildman–Crippen LogP) is 3.08. The number of hydrogen-bond donors (Lipinski definition) is 2. The zero-order valence-electron chi connectivity index (χ0n) is 9.40. The van der Waals surface area contributed by atoms with Gasteiger partial charge in [-0.05, 0) is 23.6 Å². The lowest BCUT2D eigenvalue weighted by molar-refractivity contribution is 1.14. The number of hydrogen-bond acceptors (Lipinski definition) is 2. The summed E-state index contributed by atoms with van der Waals surface area (Å²) in [5.74, 6) is 0. The summed E-state index contributed by atoms with van der Waals surface area (Å²) < 4.78 is 0. The largest absolute Gasteiger partial charge is 0.397 e. The standard InChI is InChI=1S/C14H16N2/c1-2-10-6-3-4-7-11(10)12-8-5-9-13(15)14(12)16/h3-9H,2,15-16H2,1H3. The normalized spacial score (nSPS) is 10.3. The predicted molar refractivity (Wildman–Crippen MR) is 70.1 cm³/mol. The van der Waals surface area contributed by atoms with Gasteiger partial charge in [-0.1, -0.05) is 43.3 Å². The van der Waals surface area contributed by atoms with Crippen molar-refractivity contribution < 1.29 is 0 Å². The molecular formula is C14H16N2. The van der Waals surface area contributed by atoms with E-state index >= 15 is 0 Å². The molecule has 0 bridgehead atoms. The number of rotatable bonds is 2. The molecule has 0 heterocycles. The van der Waals surface area contributed by atoms with Crippen LogP contribution in [0.2, 0.25) is 0 Å². The Bertz CT molecular complexity index is 504. The van der Waals surface area contributed by atoms with E-state index in [0.29, 0.717) is 11.4 Å². The molecule has 0 unspecified atom stereocenters. The fraction of sp³-hybridized carbons (Fsp3) is 0.143. The van der Waals surface area contributed by atoms with E-state index in [-0.39, 0.29) is 0 Å². The first-order chi connectivity index (χ1) is 7.74. The fourth-order valence-electron chi connectivity index (χ4n) is 1.91. The van der Waals surface area contributed by atoms with Crippen LogP contribution in [-0.2, 0) is 6.42 Å². The van der Waals surface area contributed by atoms with Crippen molar-refractivity contribution >= 4 is 11.4 Å². The highest BCUT2D eigenvalue weighted by molar-refractivity contribution is 5.85. The van der Waals surface area contributed by atoms with E-state index in [9.17, 15) is 0 Å². The monoisotopic (exact) mass is 212 g/mol. The Kier molecular flexibility index (Phi) is 2.82. The summed E-state index contributed by atoms with van der Waals surface area (Å²) in [4.78, 5) is 0. The molecule has 2 heteroatoms. The molecule has 2 aromatic rings. The van der Waals surface area contributed by atoms with Gasteiger partial charge in [0.2, 0.25) is 0 Å². The zero-order valence-corrected chi connectivity index (χ0v) is 9.40. The van der Waals surface area contributed by atoms with Gasteiger partial charge in [-0.25, -0.2) is 0 Å². The van der Waals surface area contributed by atoms with Crippen LogP contribution in [0, 0.1) is 0 Å². The van der Waals surface area contributed by atoms with E-state index in [4.69, 9.17) is 11.5 Å². The molecule has 0 aromatic heterocycles. The molecule has 2 nitrogen and oxygen atoms in total. The van der Waals surface area contributed by atoms with Gasteiger partial charge in [-0.3, -0.25) is 0 Å². The molecule has 0 amide bonds. The topological polar surface area (TPSA) is 52.0 Å². The lowest BCUT2D eigenvalue weighted by Gasteiger charge is -2.11. The molecule has 82 valence electrons. The quantitative estimate of drug-likeness (QED) is 0.751. The van der Waals surface area contributed by atoms with Crippen molar-refractivity contribution in [1.29, 1.82) is 0 Å². The summed E-state index contributed by atoms with van der Waals surface area (Å²) in [7, 11) is 0. The van der Waals surface area contributed by atoms with Gasteiger partial charge in [0.15, 0.2) is 0 Å². The summed E-state index contributed by atoms with van der Waals surface area (Å²) in [6.45, 7) is 2.14. The van der Waals surface area contributed by atoms with Gasteiger partial charge in [-0.15, -0.1) is 0 Å². The summed E-state index contributed by atoms with van der Waals surface area (Å²) in [6, 6.07) is 14.1. The molecule has 0 saturated carbocycles. The Morgan fingerprint density at radius 2 is 1.56 bits per heavy atom. The van der Waals surface area contributed by atoms with E-state index in [1.807, 2.05) is 30.3 Å². The zero-order chi connectivity index (χ0) is 11.5. The number of nitrogens with two attached hydrogens (primary N) is 2. The minimum Gasteiger partial charge on any atom is -0.397 e. The molecule has 4 N–H and O–H groups in total. The molecule has 0 spiro atoms. The highest BCUT2D eigenvalue weighted by atomic mass is 14.7. The number of nitrogen functional groups attached to an aromatic ring is 2. The van der Waals surface area contributed by atoms with Crippen molar-refractivity contribution in [2.24, 2.45) is 0 Å². The Labute approximate surface area is 95.9 Å². The molecule has 0 fully saturated rings. The van der Waals surface area contributed by atoms with Crippen LogP contribution in [0.3, 0.4) is 0 Å². The Morgan fingerprint density at radius 1 is 0.875 bits per heavy atom. The molecule has 16 heavy (non-hydrogen) atoms. The third kappa shape index (κ3) is 1.74. The van der Waals surface area contributed by atoms with Crippen molar-refractivity contribution in [2.45, 2.75) is 13.3 Å². The van der Waals surface area contributed by atoms with Crippen molar-refractivity contribution in [1.82, 2.24) is 0 Å². The molecule has 0 radical (unpaired) electrons. The van der Waals surface area contributed by atoms with Crippen LogP contribution in [0.15, 0.2) is 42.5 Å². The maximum atomic E-state index is 6.01. The number of anilines is 2. The highest BCUT2D eigenvalue weighted by Gasteiger charge is 2.07. The van der Waals surface area contributed by atoms with Crippen molar-refractivity contribution in [2.75, 3.05) is 11.5 Å². The summed E-state index contributed by atoms with van der Waals surface area (Å²) in [5, 5.41) is 0. The van der Waals surface area contributed by atoms with Crippen molar-refractivity contribution in [3.8, 4) is 11.1 Å². The SMILES string of the molecule is CCc1ccccc1-c1cccc(N)c1N. The van der Waals surface area contributed by atoms with Gasteiger partial charge in [-0.2, -0.15) is 0 Å². The van der Waals surface area contributed by atoms with E-state index in [0.717, 1.165) is 12.0 Å². The molecular weight excluding hydrogens is 196 g/mol. The van der Waals surface area contributed by atoms with E-state index in [1.165, 1.54) is 11.1 Å². The second kappa shape index (κ2) is 4.27. The second-order valence-electron chi connectivity index (χ2n) is 3.82. The smallest absolute Gasteiger partial charge is 0.0627 e. The molecule has 0 aliphatic rings. The summed E-state index contributed by atoms with van der Waals surface area (Å²) in [5.41, 5.74) is 16.6.